The van der Waals surface area contributed by atoms with Crippen LogP contribution in [0.5, 0.6) is 0 Å². The van der Waals surface area contributed by atoms with Crippen LogP contribution >= 0.6 is 11.6 Å². The minimum absolute atomic E-state index is 0.0143. The Labute approximate surface area is 184 Å². The molecule has 7 heteroatoms. The second-order valence-corrected chi connectivity index (χ2v) is 8.67. The van der Waals surface area contributed by atoms with Crippen LogP contribution in [-0.4, -0.2) is 52.8 Å². The number of nitrogens with zero attached hydrogens (tertiary/aromatic N) is 2. The maximum Gasteiger partial charge on any atom is 0.255 e. The molecule has 1 N–H and O–H groups in total. The number of piperazine rings is 1. The third kappa shape index (κ3) is 3.69. The topological polar surface area (TPSA) is 56.4 Å². The zero-order valence-electron chi connectivity index (χ0n) is 17.1. The van der Waals surface area contributed by atoms with Gasteiger partial charge in [-0.05, 0) is 67.6 Å². The Balaban J connectivity index is 1.29. The molecule has 5 rings (SSSR count). The number of carbonyl (C=O) groups is 2. The van der Waals surface area contributed by atoms with Crippen molar-refractivity contribution in [2.24, 2.45) is 0 Å². The fraction of sp³-hybridized carbons (Fsp3) is 0.333. The van der Waals surface area contributed by atoms with E-state index in [9.17, 15) is 14.0 Å². The quantitative estimate of drug-likeness (QED) is 0.642. The number of aromatic nitrogens is 1. The molecule has 1 aliphatic heterocycles. The number of amides is 2. The number of hydrogen-bond acceptors (Lipinski definition) is 2. The van der Waals surface area contributed by atoms with Crippen molar-refractivity contribution in [1.82, 2.24) is 14.8 Å². The first-order chi connectivity index (χ1) is 15.0. The molecule has 0 bridgehead atoms. The van der Waals surface area contributed by atoms with E-state index in [1.807, 2.05) is 18.2 Å². The van der Waals surface area contributed by atoms with Crippen molar-refractivity contribution in [3.8, 4) is 0 Å². The molecule has 1 aromatic heterocycles. The van der Waals surface area contributed by atoms with Gasteiger partial charge in [0.15, 0.2) is 0 Å². The average Bonchev–Trinajstić information content (AvgIpc) is 3.16. The molecule has 0 unspecified atom stereocenters. The highest BCUT2D eigenvalue weighted by atomic mass is 35.5. The molecule has 1 aliphatic carbocycles. The summed E-state index contributed by atoms with van der Waals surface area (Å²) in [5.74, 6) is -0.727. The molecule has 1 saturated heterocycles. The molecular formula is C24H23ClFN3O2. The highest BCUT2D eigenvalue weighted by Gasteiger charge is 2.27. The molecule has 0 atom stereocenters. The van der Waals surface area contributed by atoms with Crippen molar-refractivity contribution in [2.75, 3.05) is 26.2 Å². The monoisotopic (exact) mass is 439 g/mol. The first-order valence-corrected chi connectivity index (χ1v) is 11.1. The number of carbonyl (C=O) groups excluding carboxylic acids is 2. The molecule has 2 aromatic carbocycles. The smallest absolute Gasteiger partial charge is 0.255 e. The Morgan fingerprint density at radius 1 is 0.903 bits per heavy atom. The molecule has 160 valence electrons. The van der Waals surface area contributed by atoms with E-state index in [0.717, 1.165) is 29.8 Å². The van der Waals surface area contributed by atoms with Gasteiger partial charge in [-0.1, -0.05) is 11.6 Å². The summed E-state index contributed by atoms with van der Waals surface area (Å²) in [6, 6.07) is 9.66. The molecule has 2 heterocycles. The number of aromatic amines is 1. The number of rotatable bonds is 2. The normalized spacial score (nSPS) is 16.5. The summed E-state index contributed by atoms with van der Waals surface area (Å²) >= 11 is 6.04. The second-order valence-electron chi connectivity index (χ2n) is 8.26. The largest absolute Gasteiger partial charge is 0.358 e. The minimum Gasteiger partial charge on any atom is -0.358 e. The molecule has 2 aliphatic rings. The average molecular weight is 440 g/mol. The Morgan fingerprint density at radius 2 is 1.61 bits per heavy atom. The second kappa shape index (κ2) is 8.00. The van der Waals surface area contributed by atoms with Gasteiger partial charge < -0.3 is 14.8 Å². The van der Waals surface area contributed by atoms with Gasteiger partial charge in [-0.2, -0.15) is 0 Å². The molecule has 0 spiro atoms. The van der Waals surface area contributed by atoms with Crippen LogP contribution in [0.4, 0.5) is 4.39 Å². The van der Waals surface area contributed by atoms with Crippen molar-refractivity contribution in [3.05, 3.63) is 69.6 Å². The van der Waals surface area contributed by atoms with Crippen molar-refractivity contribution < 1.29 is 14.0 Å². The fourth-order valence-electron chi connectivity index (χ4n) is 4.67. The van der Waals surface area contributed by atoms with Crippen LogP contribution in [0.25, 0.3) is 10.9 Å². The van der Waals surface area contributed by atoms with Crippen molar-refractivity contribution in [1.29, 1.82) is 0 Å². The Kier molecular flexibility index (Phi) is 5.18. The minimum atomic E-state index is -0.474. The van der Waals surface area contributed by atoms with Gasteiger partial charge in [0.1, 0.15) is 5.82 Å². The number of halogens is 2. The van der Waals surface area contributed by atoms with Gasteiger partial charge >= 0.3 is 0 Å². The molecule has 3 aromatic rings. The lowest BCUT2D eigenvalue weighted by molar-refractivity contribution is 0.0535. The molecule has 31 heavy (non-hydrogen) atoms. The van der Waals surface area contributed by atoms with E-state index >= 15 is 0 Å². The Morgan fingerprint density at radius 3 is 2.35 bits per heavy atom. The van der Waals surface area contributed by atoms with Gasteiger partial charge in [-0.3, -0.25) is 9.59 Å². The van der Waals surface area contributed by atoms with Crippen molar-refractivity contribution >= 4 is 34.3 Å². The summed E-state index contributed by atoms with van der Waals surface area (Å²) in [6.07, 6.45) is 4.52. The summed E-state index contributed by atoms with van der Waals surface area (Å²) in [5.41, 5.74) is 4.71. The lowest BCUT2D eigenvalue weighted by atomic mass is 9.95. The number of nitrogens with one attached hydrogen (secondary N) is 1. The predicted octanol–water partition coefficient (Wildman–Crippen LogP) is 4.44. The van der Waals surface area contributed by atoms with E-state index in [-0.39, 0.29) is 22.4 Å². The molecule has 0 saturated carbocycles. The van der Waals surface area contributed by atoms with Gasteiger partial charge in [-0.15, -0.1) is 0 Å². The SMILES string of the molecule is O=C(c1ccc2[nH]c3c(c2c1)CCCC3)N1CCN(C(=O)c2ccc(F)cc2Cl)CC1. The van der Waals surface area contributed by atoms with Crippen LogP contribution in [-0.2, 0) is 12.8 Å². The number of fused-ring (bicyclic) bond motifs is 3. The van der Waals surface area contributed by atoms with Crippen molar-refractivity contribution in [3.63, 3.8) is 0 Å². The van der Waals surface area contributed by atoms with Crippen LogP contribution < -0.4 is 0 Å². The standard InChI is InChI=1S/C24H23ClFN3O2/c25-20-14-16(26)6-7-18(20)24(31)29-11-9-28(10-12-29)23(30)15-5-8-22-19(13-15)17-3-1-2-4-21(17)27-22/h5-8,13-14,27H,1-4,9-12H2. The van der Waals surface area contributed by atoms with Gasteiger partial charge in [-0.25, -0.2) is 4.39 Å². The number of H-pyrrole nitrogens is 1. The fourth-order valence-corrected chi connectivity index (χ4v) is 4.92. The third-order valence-corrected chi connectivity index (χ3v) is 6.67. The lowest BCUT2D eigenvalue weighted by Gasteiger charge is -2.35. The first kappa shape index (κ1) is 20.1. The van der Waals surface area contributed by atoms with E-state index in [2.05, 4.69) is 4.98 Å². The molecular weight excluding hydrogens is 417 g/mol. The Bertz CT molecular complexity index is 1180. The van der Waals surface area contributed by atoms with E-state index < -0.39 is 5.82 Å². The number of hydrogen-bond donors (Lipinski definition) is 1. The molecule has 5 nitrogen and oxygen atoms in total. The van der Waals surface area contributed by atoms with Gasteiger partial charge in [0.05, 0.1) is 10.6 Å². The molecule has 0 radical (unpaired) electrons. The number of aryl methyl sites for hydroxylation is 2. The van der Waals surface area contributed by atoms with E-state index in [1.165, 1.54) is 36.2 Å². The highest BCUT2D eigenvalue weighted by Crippen LogP contribution is 2.30. The highest BCUT2D eigenvalue weighted by molar-refractivity contribution is 6.33. The zero-order chi connectivity index (χ0) is 21.5. The third-order valence-electron chi connectivity index (χ3n) is 6.36. The summed E-state index contributed by atoms with van der Waals surface area (Å²) in [4.78, 5) is 32.8. The first-order valence-electron chi connectivity index (χ1n) is 10.7. The maximum absolute atomic E-state index is 13.3. The van der Waals surface area contributed by atoms with Gasteiger partial charge in [0, 0.05) is 48.3 Å². The van der Waals surface area contributed by atoms with E-state index in [0.29, 0.717) is 31.7 Å². The summed E-state index contributed by atoms with van der Waals surface area (Å²) in [5, 5.41) is 1.26. The molecule has 2 amide bonds. The Hall–Kier alpha value is -2.86. The molecule has 1 fully saturated rings. The van der Waals surface area contributed by atoms with E-state index in [4.69, 9.17) is 11.6 Å². The summed E-state index contributed by atoms with van der Waals surface area (Å²) in [7, 11) is 0. The van der Waals surface area contributed by atoms with Crippen LogP contribution in [0.15, 0.2) is 36.4 Å². The number of benzene rings is 2. The maximum atomic E-state index is 13.3. The van der Waals surface area contributed by atoms with Crippen molar-refractivity contribution in [2.45, 2.75) is 25.7 Å². The van der Waals surface area contributed by atoms with E-state index in [1.54, 1.807) is 9.80 Å². The van der Waals surface area contributed by atoms with Crippen LogP contribution in [0, 0.1) is 5.82 Å². The van der Waals surface area contributed by atoms with Crippen LogP contribution in [0.2, 0.25) is 5.02 Å². The van der Waals surface area contributed by atoms with Gasteiger partial charge in [0.2, 0.25) is 0 Å². The summed E-state index contributed by atoms with van der Waals surface area (Å²) in [6.45, 7) is 1.74. The zero-order valence-corrected chi connectivity index (χ0v) is 17.8. The lowest BCUT2D eigenvalue weighted by Crippen LogP contribution is -2.50. The predicted molar refractivity (Wildman–Crippen MR) is 118 cm³/mol. The van der Waals surface area contributed by atoms with Crippen LogP contribution in [0.1, 0.15) is 44.8 Å². The summed E-state index contributed by atoms with van der Waals surface area (Å²) < 4.78 is 13.3. The van der Waals surface area contributed by atoms with Crippen LogP contribution in [0.3, 0.4) is 0 Å². The van der Waals surface area contributed by atoms with Gasteiger partial charge in [0.25, 0.3) is 11.8 Å².